The summed E-state index contributed by atoms with van der Waals surface area (Å²) in [7, 11) is 0. The molecule has 0 fully saturated rings. The van der Waals surface area contributed by atoms with E-state index in [0.29, 0.717) is 0 Å². The van der Waals surface area contributed by atoms with Crippen LogP contribution in [0.25, 0.3) is 5.95 Å². The Bertz CT molecular complexity index is 1050. The van der Waals surface area contributed by atoms with E-state index in [1.165, 1.54) is 17.1 Å². The zero-order valence-corrected chi connectivity index (χ0v) is 14.8. The van der Waals surface area contributed by atoms with E-state index in [4.69, 9.17) is 5.73 Å². The predicted molar refractivity (Wildman–Crippen MR) is 97.4 cm³/mol. The van der Waals surface area contributed by atoms with Crippen molar-refractivity contribution in [2.45, 2.75) is 19.4 Å². The maximum Gasteiger partial charge on any atom is 0.265 e. The predicted octanol–water partition coefficient (Wildman–Crippen LogP) is 0.720. The monoisotopic (exact) mass is 366 g/mol. The van der Waals surface area contributed by atoms with Crippen LogP contribution in [0, 0.1) is 0 Å². The summed E-state index contributed by atoms with van der Waals surface area (Å²) >= 11 is 0. The fourth-order valence-electron chi connectivity index (χ4n) is 2.51. The summed E-state index contributed by atoms with van der Waals surface area (Å²) in [5.41, 5.74) is 4.80. The molecule has 4 N–H and O–H groups in total. The van der Waals surface area contributed by atoms with Crippen molar-refractivity contribution in [3.05, 3.63) is 76.0 Å². The van der Waals surface area contributed by atoms with Crippen LogP contribution in [0.3, 0.4) is 0 Å². The second kappa shape index (κ2) is 6.87. The first-order chi connectivity index (χ1) is 12.8. The quantitative estimate of drug-likeness (QED) is 0.611. The minimum atomic E-state index is -0.679. The molecule has 0 unspecified atom stereocenters. The number of nitrogens with zero attached hydrogens (tertiary/aromatic N) is 3. The second-order valence-corrected chi connectivity index (χ2v) is 6.43. The number of primary amides is 1. The smallest absolute Gasteiger partial charge is 0.265 e. The summed E-state index contributed by atoms with van der Waals surface area (Å²) in [5.74, 6) is -1.14. The number of carbonyl (C=O) groups is 2. The van der Waals surface area contributed by atoms with Gasteiger partial charge in [-0.25, -0.2) is 9.67 Å². The fraction of sp³-hybridized carbons (Fsp3) is 0.167. The van der Waals surface area contributed by atoms with Gasteiger partial charge in [-0.05, 0) is 19.4 Å². The van der Waals surface area contributed by atoms with Crippen LogP contribution in [0.2, 0.25) is 0 Å². The molecule has 2 heterocycles. The summed E-state index contributed by atoms with van der Waals surface area (Å²) in [6.45, 7) is 3.68. The molecule has 0 saturated carbocycles. The fourth-order valence-corrected chi connectivity index (χ4v) is 2.51. The lowest BCUT2D eigenvalue weighted by Gasteiger charge is -2.26. The molecule has 0 spiro atoms. The standard InChI is InChI=1S/C18H18N6O3/c1-18(2,12-6-4-3-5-7-12)23-16(27)13-9-20-17(22-15(13)26)24-10-11(8-21-24)14(19)25/h3-10H,1-2H3,(H2,19,25)(H,23,27)(H,20,22,26). The molecular weight excluding hydrogens is 348 g/mol. The third-order valence-corrected chi connectivity index (χ3v) is 4.04. The van der Waals surface area contributed by atoms with Gasteiger partial charge < -0.3 is 11.1 Å². The molecule has 0 aliphatic heterocycles. The van der Waals surface area contributed by atoms with Crippen molar-refractivity contribution in [2.24, 2.45) is 5.73 Å². The summed E-state index contributed by atoms with van der Waals surface area (Å²) in [6.07, 6.45) is 3.75. The van der Waals surface area contributed by atoms with Crippen molar-refractivity contribution in [1.82, 2.24) is 25.1 Å². The lowest BCUT2D eigenvalue weighted by molar-refractivity contribution is 0.0909. The molecular formula is C18H18N6O3. The lowest BCUT2D eigenvalue weighted by Crippen LogP contribution is -2.43. The first-order valence-electron chi connectivity index (χ1n) is 8.10. The number of benzene rings is 1. The van der Waals surface area contributed by atoms with Gasteiger partial charge in [0.25, 0.3) is 17.4 Å². The van der Waals surface area contributed by atoms with Gasteiger partial charge in [0.15, 0.2) is 0 Å². The molecule has 138 valence electrons. The molecule has 2 aromatic heterocycles. The van der Waals surface area contributed by atoms with Crippen LogP contribution in [-0.4, -0.2) is 31.6 Å². The van der Waals surface area contributed by atoms with Crippen LogP contribution in [0.1, 0.15) is 40.1 Å². The Hall–Kier alpha value is -3.75. The molecule has 3 rings (SSSR count). The number of nitrogens with one attached hydrogen (secondary N) is 2. The van der Waals surface area contributed by atoms with Gasteiger partial charge in [-0.1, -0.05) is 30.3 Å². The van der Waals surface area contributed by atoms with Crippen LogP contribution in [0.4, 0.5) is 0 Å². The molecule has 3 aromatic rings. The van der Waals surface area contributed by atoms with E-state index in [2.05, 4.69) is 20.4 Å². The number of hydrogen-bond donors (Lipinski definition) is 3. The van der Waals surface area contributed by atoms with E-state index in [0.717, 1.165) is 11.8 Å². The molecule has 9 heteroatoms. The Morgan fingerprint density at radius 2 is 1.89 bits per heavy atom. The first kappa shape index (κ1) is 18.1. The molecule has 2 amide bonds. The molecule has 9 nitrogen and oxygen atoms in total. The van der Waals surface area contributed by atoms with Gasteiger partial charge in [0.05, 0.1) is 17.3 Å². The second-order valence-electron chi connectivity index (χ2n) is 6.43. The normalized spacial score (nSPS) is 11.2. The van der Waals surface area contributed by atoms with Gasteiger partial charge in [0.1, 0.15) is 5.56 Å². The number of H-pyrrole nitrogens is 1. The minimum Gasteiger partial charge on any atom is -0.366 e. The number of nitrogens with two attached hydrogens (primary N) is 1. The summed E-state index contributed by atoms with van der Waals surface area (Å²) in [5, 5.41) is 6.73. The number of aromatic amines is 1. The van der Waals surface area contributed by atoms with E-state index < -0.39 is 22.9 Å². The van der Waals surface area contributed by atoms with Crippen LogP contribution < -0.4 is 16.6 Å². The Labute approximate surface area is 154 Å². The molecule has 0 atom stereocenters. The largest absolute Gasteiger partial charge is 0.366 e. The highest BCUT2D eigenvalue weighted by molar-refractivity contribution is 5.94. The van der Waals surface area contributed by atoms with E-state index in [1.54, 1.807) is 0 Å². The molecule has 0 aliphatic rings. The van der Waals surface area contributed by atoms with Crippen molar-refractivity contribution in [2.75, 3.05) is 0 Å². The average molecular weight is 366 g/mol. The SMILES string of the molecule is CC(C)(NC(=O)c1cnc(-n2cc(C(N)=O)cn2)[nH]c1=O)c1ccccc1. The van der Waals surface area contributed by atoms with Crippen LogP contribution in [0.5, 0.6) is 0 Å². The van der Waals surface area contributed by atoms with E-state index in [1.807, 2.05) is 44.2 Å². The van der Waals surface area contributed by atoms with E-state index >= 15 is 0 Å². The van der Waals surface area contributed by atoms with Gasteiger partial charge in [-0.2, -0.15) is 5.10 Å². The molecule has 0 aliphatic carbocycles. The molecule has 0 radical (unpaired) electrons. The van der Waals surface area contributed by atoms with E-state index in [9.17, 15) is 14.4 Å². The van der Waals surface area contributed by atoms with Gasteiger partial charge in [0, 0.05) is 12.4 Å². The molecule has 27 heavy (non-hydrogen) atoms. The number of rotatable bonds is 5. The minimum absolute atomic E-state index is 0.0615. The zero-order valence-electron chi connectivity index (χ0n) is 14.8. The Morgan fingerprint density at radius 3 is 2.48 bits per heavy atom. The summed E-state index contributed by atoms with van der Waals surface area (Å²) < 4.78 is 1.19. The highest BCUT2D eigenvalue weighted by Crippen LogP contribution is 2.19. The topological polar surface area (TPSA) is 136 Å². The third kappa shape index (κ3) is 3.76. The highest BCUT2D eigenvalue weighted by atomic mass is 16.2. The maximum absolute atomic E-state index is 12.5. The summed E-state index contributed by atoms with van der Waals surface area (Å²) in [4.78, 5) is 42.5. The Kier molecular flexibility index (Phi) is 4.59. The number of amides is 2. The van der Waals surface area contributed by atoms with E-state index in [-0.39, 0.29) is 17.1 Å². The highest BCUT2D eigenvalue weighted by Gasteiger charge is 2.25. The van der Waals surface area contributed by atoms with Gasteiger partial charge in [-0.3, -0.25) is 19.4 Å². The van der Waals surface area contributed by atoms with Crippen molar-refractivity contribution in [3.8, 4) is 5.95 Å². The van der Waals surface area contributed by atoms with Gasteiger partial charge in [-0.15, -0.1) is 0 Å². The Morgan fingerprint density at radius 1 is 1.19 bits per heavy atom. The van der Waals surface area contributed by atoms with Crippen LogP contribution in [0.15, 0.2) is 53.7 Å². The number of aromatic nitrogens is 4. The van der Waals surface area contributed by atoms with Crippen LogP contribution in [-0.2, 0) is 5.54 Å². The van der Waals surface area contributed by atoms with Gasteiger partial charge >= 0.3 is 0 Å². The number of hydrogen-bond acceptors (Lipinski definition) is 5. The molecule has 0 saturated heterocycles. The van der Waals surface area contributed by atoms with Gasteiger partial charge in [0.2, 0.25) is 5.95 Å². The van der Waals surface area contributed by atoms with Crippen molar-refractivity contribution in [1.29, 1.82) is 0 Å². The average Bonchev–Trinajstić information content (AvgIpc) is 3.12. The van der Waals surface area contributed by atoms with Crippen molar-refractivity contribution in [3.63, 3.8) is 0 Å². The van der Waals surface area contributed by atoms with Crippen molar-refractivity contribution >= 4 is 11.8 Å². The van der Waals surface area contributed by atoms with Crippen LogP contribution >= 0.6 is 0 Å². The molecule has 1 aromatic carbocycles. The first-order valence-corrected chi connectivity index (χ1v) is 8.10. The third-order valence-electron chi connectivity index (χ3n) is 4.04. The van der Waals surface area contributed by atoms with Crippen molar-refractivity contribution < 1.29 is 9.59 Å². The maximum atomic E-state index is 12.5. The zero-order chi connectivity index (χ0) is 19.6. The summed E-state index contributed by atoms with van der Waals surface area (Å²) in [6, 6.07) is 9.40. The molecule has 0 bridgehead atoms. The number of carbonyl (C=O) groups excluding carboxylic acids is 2. The lowest BCUT2D eigenvalue weighted by atomic mass is 9.94. The Balaban J connectivity index is 1.84.